The number of benzene rings is 2. The molecular formula is C19H17F2N3O3S. The Labute approximate surface area is 163 Å². The molecule has 28 heavy (non-hydrogen) atoms. The number of methoxy groups -OCH3 is 1. The minimum absolute atomic E-state index is 0.0774. The lowest BCUT2D eigenvalue weighted by Gasteiger charge is -2.10. The topological polar surface area (TPSA) is 64.8 Å². The van der Waals surface area contributed by atoms with Gasteiger partial charge in [-0.15, -0.1) is 5.10 Å². The highest BCUT2D eigenvalue weighted by Gasteiger charge is 2.10. The van der Waals surface area contributed by atoms with Crippen LogP contribution >= 0.6 is 11.3 Å². The molecule has 0 fully saturated rings. The van der Waals surface area contributed by atoms with Gasteiger partial charge in [0.2, 0.25) is 4.80 Å². The Morgan fingerprint density at radius 2 is 2.04 bits per heavy atom. The highest BCUT2D eigenvalue weighted by molar-refractivity contribution is 7.16. The monoisotopic (exact) mass is 405 g/mol. The number of thiazole rings is 1. The van der Waals surface area contributed by atoms with E-state index in [4.69, 9.17) is 4.74 Å². The standard InChI is InChI=1S/C19H17F2N3O3S/c1-24-13-5-3-4-6-16(13)28-19(24)23-22-17(25)10-8-12-7-9-14(27-18(20)21)15(11-12)26-2/h3-11,18H,1-2H3,(H,22,25). The van der Waals surface area contributed by atoms with Crippen molar-refractivity contribution >= 4 is 33.5 Å². The third kappa shape index (κ3) is 4.55. The largest absolute Gasteiger partial charge is 0.493 e. The number of hydrogen-bond donors (Lipinski definition) is 1. The number of alkyl halides is 2. The molecule has 0 aliphatic rings. The van der Waals surface area contributed by atoms with Crippen molar-refractivity contribution < 1.29 is 23.0 Å². The van der Waals surface area contributed by atoms with Crippen LogP contribution < -0.4 is 19.7 Å². The summed E-state index contributed by atoms with van der Waals surface area (Å²) in [4.78, 5) is 12.7. The zero-order valence-electron chi connectivity index (χ0n) is 15.1. The Morgan fingerprint density at radius 3 is 2.75 bits per heavy atom. The number of ether oxygens (including phenoxy) is 2. The summed E-state index contributed by atoms with van der Waals surface area (Å²) in [6, 6.07) is 12.2. The minimum Gasteiger partial charge on any atom is -0.493 e. The van der Waals surface area contributed by atoms with Crippen LogP contribution in [0.2, 0.25) is 0 Å². The van der Waals surface area contributed by atoms with Crippen molar-refractivity contribution in [3.8, 4) is 11.5 Å². The van der Waals surface area contributed by atoms with E-state index in [1.54, 1.807) is 0 Å². The van der Waals surface area contributed by atoms with Gasteiger partial charge >= 0.3 is 6.61 Å². The fourth-order valence-corrected chi connectivity index (χ4v) is 3.46. The molecule has 6 nitrogen and oxygen atoms in total. The fourth-order valence-electron chi connectivity index (χ4n) is 2.48. The zero-order chi connectivity index (χ0) is 20.1. The normalized spacial score (nSPS) is 12.1. The van der Waals surface area contributed by atoms with Gasteiger partial charge in [0.1, 0.15) is 0 Å². The number of amides is 1. The van der Waals surface area contributed by atoms with Gasteiger partial charge in [-0.1, -0.05) is 29.5 Å². The lowest BCUT2D eigenvalue weighted by atomic mass is 10.2. The molecular weight excluding hydrogens is 388 g/mol. The van der Waals surface area contributed by atoms with Crippen LogP contribution in [0.5, 0.6) is 11.5 Å². The Kier molecular flexibility index (Phi) is 6.05. The van der Waals surface area contributed by atoms with Crippen LogP contribution in [0.3, 0.4) is 0 Å². The van der Waals surface area contributed by atoms with Crippen molar-refractivity contribution in [3.63, 3.8) is 0 Å². The van der Waals surface area contributed by atoms with Gasteiger partial charge in [0.15, 0.2) is 11.5 Å². The van der Waals surface area contributed by atoms with Crippen LogP contribution in [0, 0.1) is 0 Å². The summed E-state index contributed by atoms with van der Waals surface area (Å²) in [6.45, 7) is -2.95. The molecule has 1 N–H and O–H groups in total. The van der Waals surface area contributed by atoms with E-state index in [0.29, 0.717) is 10.4 Å². The van der Waals surface area contributed by atoms with Gasteiger partial charge < -0.3 is 14.0 Å². The Bertz CT molecular complexity index is 1090. The maximum atomic E-state index is 12.4. The average Bonchev–Trinajstić information content (AvgIpc) is 3.01. The van der Waals surface area contributed by atoms with Gasteiger partial charge in [0.25, 0.3) is 5.91 Å². The molecule has 146 valence electrons. The van der Waals surface area contributed by atoms with Crippen molar-refractivity contribution in [1.82, 2.24) is 9.99 Å². The van der Waals surface area contributed by atoms with Crippen molar-refractivity contribution in [3.05, 3.63) is 58.9 Å². The number of halogens is 2. The van der Waals surface area contributed by atoms with Crippen LogP contribution in [0.1, 0.15) is 5.56 Å². The first-order valence-electron chi connectivity index (χ1n) is 8.17. The molecule has 1 aromatic heterocycles. The number of para-hydroxylation sites is 1. The molecule has 0 atom stereocenters. The minimum atomic E-state index is -2.95. The van der Waals surface area contributed by atoms with E-state index in [9.17, 15) is 13.6 Å². The van der Waals surface area contributed by atoms with Crippen LogP contribution in [-0.2, 0) is 11.8 Å². The van der Waals surface area contributed by atoms with Gasteiger partial charge in [0, 0.05) is 13.1 Å². The summed E-state index contributed by atoms with van der Waals surface area (Å²) in [5.41, 5.74) is 4.08. The van der Waals surface area contributed by atoms with Crippen molar-refractivity contribution in [2.75, 3.05) is 7.11 Å². The molecule has 0 bridgehead atoms. The number of hydrogen-bond acceptors (Lipinski definition) is 5. The smallest absolute Gasteiger partial charge is 0.387 e. The molecule has 0 saturated carbocycles. The number of nitrogens with one attached hydrogen (secondary N) is 1. The van der Waals surface area contributed by atoms with Crippen molar-refractivity contribution in [2.24, 2.45) is 12.1 Å². The molecule has 0 aliphatic carbocycles. The predicted molar refractivity (Wildman–Crippen MR) is 103 cm³/mol. The summed E-state index contributed by atoms with van der Waals surface area (Å²) in [5, 5.41) is 4.14. The molecule has 0 saturated heterocycles. The third-order valence-electron chi connectivity index (χ3n) is 3.81. The van der Waals surface area contributed by atoms with Gasteiger partial charge in [-0.2, -0.15) is 8.78 Å². The highest BCUT2D eigenvalue weighted by atomic mass is 32.1. The first-order chi connectivity index (χ1) is 13.5. The van der Waals surface area contributed by atoms with E-state index < -0.39 is 12.5 Å². The summed E-state index contributed by atoms with van der Waals surface area (Å²) >= 11 is 1.46. The van der Waals surface area contributed by atoms with Crippen LogP contribution in [0.4, 0.5) is 8.78 Å². The molecule has 0 aliphatic heterocycles. The Morgan fingerprint density at radius 1 is 1.25 bits per heavy atom. The lowest BCUT2D eigenvalue weighted by molar-refractivity contribution is -0.116. The van der Waals surface area contributed by atoms with Crippen molar-refractivity contribution in [2.45, 2.75) is 6.61 Å². The third-order valence-corrected chi connectivity index (χ3v) is 4.92. The quantitative estimate of drug-likeness (QED) is 0.504. The number of rotatable bonds is 6. The second-order valence-corrected chi connectivity index (χ2v) is 6.63. The van der Waals surface area contributed by atoms with E-state index in [-0.39, 0.29) is 11.5 Å². The predicted octanol–water partition coefficient (Wildman–Crippen LogP) is 3.50. The molecule has 9 heteroatoms. The maximum absolute atomic E-state index is 12.4. The highest BCUT2D eigenvalue weighted by Crippen LogP contribution is 2.29. The zero-order valence-corrected chi connectivity index (χ0v) is 15.9. The molecule has 1 heterocycles. The van der Waals surface area contributed by atoms with Gasteiger partial charge in [-0.25, -0.2) is 5.43 Å². The number of carbonyl (C=O) groups excluding carboxylic acids is 1. The number of carbonyl (C=O) groups is 1. The van der Waals surface area contributed by atoms with Gasteiger partial charge in [-0.05, 0) is 35.9 Å². The second kappa shape index (κ2) is 8.66. The molecule has 2 aromatic carbocycles. The molecule has 0 radical (unpaired) electrons. The number of nitrogens with zero attached hydrogens (tertiary/aromatic N) is 2. The Hall–Kier alpha value is -3.20. The molecule has 1 amide bonds. The molecule has 3 aromatic rings. The SMILES string of the molecule is COc1cc(C=CC(=O)NN=c2sc3ccccc3n2C)ccc1OC(F)F. The first kappa shape index (κ1) is 19.6. The van der Waals surface area contributed by atoms with Crippen LogP contribution in [0.15, 0.2) is 53.6 Å². The summed E-state index contributed by atoms with van der Waals surface area (Å²) < 4.78 is 37.1. The summed E-state index contributed by atoms with van der Waals surface area (Å²) in [5.74, 6) is -0.361. The maximum Gasteiger partial charge on any atom is 0.387 e. The average molecular weight is 405 g/mol. The number of aromatic nitrogens is 1. The summed E-state index contributed by atoms with van der Waals surface area (Å²) in [7, 11) is 3.21. The first-order valence-corrected chi connectivity index (χ1v) is 8.99. The molecule has 3 rings (SSSR count). The van der Waals surface area contributed by atoms with Crippen LogP contribution in [0.25, 0.3) is 16.3 Å². The lowest BCUT2D eigenvalue weighted by Crippen LogP contribution is -2.21. The molecule has 0 unspecified atom stereocenters. The van der Waals surface area contributed by atoms with Gasteiger partial charge in [-0.3, -0.25) is 4.79 Å². The Balaban J connectivity index is 1.72. The van der Waals surface area contributed by atoms with Gasteiger partial charge in [0.05, 0.1) is 17.3 Å². The second-order valence-electron chi connectivity index (χ2n) is 5.62. The van der Waals surface area contributed by atoms with E-state index in [1.165, 1.54) is 48.8 Å². The van der Waals surface area contributed by atoms with Crippen LogP contribution in [-0.4, -0.2) is 24.2 Å². The van der Waals surface area contributed by atoms with E-state index >= 15 is 0 Å². The number of fused-ring (bicyclic) bond motifs is 1. The van der Waals surface area contributed by atoms with E-state index in [2.05, 4.69) is 15.3 Å². The number of aryl methyl sites for hydroxylation is 1. The van der Waals surface area contributed by atoms with Crippen molar-refractivity contribution in [1.29, 1.82) is 0 Å². The fraction of sp³-hybridized carbons (Fsp3) is 0.158. The van der Waals surface area contributed by atoms with E-state index in [1.807, 2.05) is 35.9 Å². The molecule has 0 spiro atoms. The van der Waals surface area contributed by atoms with E-state index in [0.717, 1.165) is 10.2 Å². The summed E-state index contributed by atoms with van der Waals surface area (Å²) in [6.07, 6.45) is 2.81.